The summed E-state index contributed by atoms with van der Waals surface area (Å²) in [6, 6.07) is 14.5. The molecule has 0 aliphatic heterocycles. The highest BCUT2D eigenvalue weighted by molar-refractivity contribution is 7.80. The van der Waals surface area contributed by atoms with E-state index in [9.17, 15) is 4.39 Å². The summed E-state index contributed by atoms with van der Waals surface area (Å²) in [5, 5.41) is 11.5. The highest BCUT2D eigenvalue weighted by atomic mass is 32.1. The van der Waals surface area contributed by atoms with E-state index in [-0.39, 0.29) is 5.82 Å². The van der Waals surface area contributed by atoms with Gasteiger partial charge in [0.1, 0.15) is 5.82 Å². The molecule has 1 heterocycles. The molecule has 26 heavy (non-hydrogen) atoms. The molecule has 3 aromatic rings. The SMILES string of the molecule is Cc1cccc(NC(=S)Nc2c(C)nn(Cc3ccc(F)cc3)c2C)c1. The summed E-state index contributed by atoms with van der Waals surface area (Å²) in [6.45, 7) is 6.54. The monoisotopic (exact) mass is 368 g/mol. The minimum absolute atomic E-state index is 0.239. The number of nitrogens with zero attached hydrogens (tertiary/aromatic N) is 2. The van der Waals surface area contributed by atoms with E-state index in [0.717, 1.165) is 33.9 Å². The lowest BCUT2D eigenvalue weighted by atomic mass is 10.2. The molecule has 0 amide bonds. The topological polar surface area (TPSA) is 41.9 Å². The molecule has 0 aliphatic rings. The van der Waals surface area contributed by atoms with Gasteiger partial charge in [-0.05, 0) is 68.4 Å². The summed E-state index contributed by atoms with van der Waals surface area (Å²) in [4.78, 5) is 0. The molecule has 3 rings (SSSR count). The average molecular weight is 368 g/mol. The van der Waals surface area contributed by atoms with Gasteiger partial charge in [-0.15, -0.1) is 0 Å². The maximum absolute atomic E-state index is 13.1. The predicted molar refractivity (Wildman–Crippen MR) is 108 cm³/mol. The maximum Gasteiger partial charge on any atom is 0.175 e. The first-order chi connectivity index (χ1) is 12.4. The Bertz CT molecular complexity index is 931. The first kappa shape index (κ1) is 18.1. The minimum Gasteiger partial charge on any atom is -0.332 e. The molecule has 0 saturated carbocycles. The van der Waals surface area contributed by atoms with Gasteiger partial charge in [-0.1, -0.05) is 24.3 Å². The molecule has 6 heteroatoms. The van der Waals surface area contributed by atoms with Crippen LogP contribution in [-0.4, -0.2) is 14.9 Å². The Morgan fingerprint density at radius 1 is 1.08 bits per heavy atom. The van der Waals surface area contributed by atoms with E-state index in [1.165, 1.54) is 12.1 Å². The lowest BCUT2D eigenvalue weighted by molar-refractivity contribution is 0.622. The number of aryl methyl sites for hydroxylation is 2. The third-order valence-corrected chi connectivity index (χ3v) is 4.35. The summed E-state index contributed by atoms with van der Waals surface area (Å²) >= 11 is 5.43. The molecule has 0 atom stereocenters. The molecule has 0 unspecified atom stereocenters. The summed E-state index contributed by atoms with van der Waals surface area (Å²) in [6.07, 6.45) is 0. The molecule has 0 saturated heterocycles. The fourth-order valence-electron chi connectivity index (χ4n) is 2.79. The number of nitrogens with one attached hydrogen (secondary N) is 2. The number of thiocarbonyl (C=S) groups is 1. The summed E-state index contributed by atoms with van der Waals surface area (Å²) in [5.74, 6) is -0.239. The van der Waals surface area contributed by atoms with Crippen LogP contribution in [0.15, 0.2) is 48.5 Å². The summed E-state index contributed by atoms with van der Waals surface area (Å²) < 4.78 is 15.0. The van der Waals surface area contributed by atoms with Gasteiger partial charge in [-0.3, -0.25) is 4.68 Å². The van der Waals surface area contributed by atoms with E-state index in [2.05, 4.69) is 15.7 Å². The van der Waals surface area contributed by atoms with E-state index >= 15 is 0 Å². The van der Waals surface area contributed by atoms with Gasteiger partial charge in [-0.2, -0.15) is 5.10 Å². The quantitative estimate of drug-likeness (QED) is 0.649. The van der Waals surface area contributed by atoms with Gasteiger partial charge in [-0.25, -0.2) is 4.39 Å². The number of anilines is 2. The molecule has 0 bridgehead atoms. The first-order valence-electron chi connectivity index (χ1n) is 8.35. The molecule has 0 radical (unpaired) electrons. The van der Waals surface area contributed by atoms with Crippen molar-refractivity contribution < 1.29 is 4.39 Å². The number of hydrogen-bond donors (Lipinski definition) is 2. The van der Waals surface area contributed by atoms with Crippen LogP contribution in [0.3, 0.4) is 0 Å². The van der Waals surface area contributed by atoms with Gasteiger partial charge in [0.2, 0.25) is 0 Å². The minimum atomic E-state index is -0.239. The standard InChI is InChI=1S/C20H21FN4S/c1-13-5-4-6-18(11-13)22-20(26)23-19-14(2)24-25(15(19)3)12-16-7-9-17(21)10-8-16/h4-11H,12H2,1-3H3,(H2,22,23,26). The summed E-state index contributed by atoms with van der Waals surface area (Å²) in [7, 11) is 0. The second-order valence-corrected chi connectivity index (χ2v) is 6.69. The Kier molecular flexibility index (Phi) is 5.32. The normalized spacial score (nSPS) is 10.6. The molecule has 2 N–H and O–H groups in total. The van der Waals surface area contributed by atoms with Gasteiger partial charge < -0.3 is 10.6 Å². The van der Waals surface area contributed by atoms with E-state index in [4.69, 9.17) is 12.2 Å². The Labute approximate surface area is 158 Å². The second-order valence-electron chi connectivity index (χ2n) is 6.28. The van der Waals surface area contributed by atoms with Crippen LogP contribution in [0.25, 0.3) is 0 Å². The van der Waals surface area contributed by atoms with E-state index < -0.39 is 0 Å². The molecule has 134 valence electrons. The number of halogens is 1. The predicted octanol–water partition coefficient (Wildman–Crippen LogP) is 4.80. The molecule has 1 aromatic heterocycles. The third-order valence-electron chi connectivity index (χ3n) is 4.14. The number of benzene rings is 2. The number of rotatable bonds is 4. The van der Waals surface area contributed by atoms with Crippen molar-refractivity contribution in [2.75, 3.05) is 10.6 Å². The Balaban J connectivity index is 1.73. The highest BCUT2D eigenvalue weighted by Crippen LogP contribution is 2.21. The largest absolute Gasteiger partial charge is 0.332 e. The Morgan fingerprint density at radius 2 is 1.81 bits per heavy atom. The van der Waals surface area contributed by atoms with Crippen molar-refractivity contribution in [3.63, 3.8) is 0 Å². The van der Waals surface area contributed by atoms with E-state index in [0.29, 0.717) is 11.7 Å². The van der Waals surface area contributed by atoms with Crippen molar-refractivity contribution in [1.82, 2.24) is 9.78 Å². The van der Waals surface area contributed by atoms with Crippen LogP contribution < -0.4 is 10.6 Å². The lowest BCUT2D eigenvalue weighted by Gasteiger charge is -2.12. The van der Waals surface area contributed by atoms with Crippen molar-refractivity contribution >= 4 is 28.7 Å². The molecule has 0 spiro atoms. The Hall–Kier alpha value is -2.73. The van der Waals surface area contributed by atoms with Crippen LogP contribution in [0.1, 0.15) is 22.5 Å². The van der Waals surface area contributed by atoms with Gasteiger partial charge in [0.15, 0.2) is 5.11 Å². The zero-order chi connectivity index (χ0) is 18.7. The van der Waals surface area contributed by atoms with Crippen LogP contribution in [-0.2, 0) is 6.54 Å². The van der Waals surface area contributed by atoms with Gasteiger partial charge in [0.05, 0.1) is 23.6 Å². The maximum atomic E-state index is 13.1. The van der Waals surface area contributed by atoms with Crippen LogP contribution >= 0.6 is 12.2 Å². The van der Waals surface area contributed by atoms with Crippen molar-refractivity contribution in [3.05, 3.63) is 76.9 Å². The molecule has 0 aliphatic carbocycles. The molecule has 2 aromatic carbocycles. The first-order valence-corrected chi connectivity index (χ1v) is 8.76. The van der Waals surface area contributed by atoms with Gasteiger partial charge in [0.25, 0.3) is 0 Å². The van der Waals surface area contributed by atoms with Crippen LogP contribution in [0, 0.1) is 26.6 Å². The van der Waals surface area contributed by atoms with Crippen LogP contribution in [0.5, 0.6) is 0 Å². The molecule has 4 nitrogen and oxygen atoms in total. The van der Waals surface area contributed by atoms with E-state index in [1.54, 1.807) is 12.1 Å². The lowest BCUT2D eigenvalue weighted by Crippen LogP contribution is -2.20. The fraction of sp³-hybridized carbons (Fsp3) is 0.200. The fourth-order valence-corrected chi connectivity index (χ4v) is 3.01. The number of aromatic nitrogens is 2. The smallest absolute Gasteiger partial charge is 0.175 e. The van der Waals surface area contributed by atoms with Crippen molar-refractivity contribution in [1.29, 1.82) is 0 Å². The Morgan fingerprint density at radius 3 is 2.50 bits per heavy atom. The van der Waals surface area contributed by atoms with Gasteiger partial charge >= 0.3 is 0 Å². The second kappa shape index (κ2) is 7.66. The average Bonchev–Trinajstić information content (AvgIpc) is 2.84. The van der Waals surface area contributed by atoms with Crippen molar-refractivity contribution in [3.8, 4) is 0 Å². The zero-order valence-electron chi connectivity index (χ0n) is 15.0. The third kappa shape index (κ3) is 4.26. The van der Waals surface area contributed by atoms with Crippen molar-refractivity contribution in [2.24, 2.45) is 0 Å². The molecular formula is C20H21FN4S. The zero-order valence-corrected chi connectivity index (χ0v) is 15.8. The van der Waals surface area contributed by atoms with Crippen molar-refractivity contribution in [2.45, 2.75) is 27.3 Å². The van der Waals surface area contributed by atoms with Crippen LogP contribution in [0.2, 0.25) is 0 Å². The van der Waals surface area contributed by atoms with Crippen LogP contribution in [0.4, 0.5) is 15.8 Å². The molecular weight excluding hydrogens is 347 g/mol. The highest BCUT2D eigenvalue weighted by Gasteiger charge is 2.13. The molecule has 0 fully saturated rings. The van der Waals surface area contributed by atoms with Gasteiger partial charge in [0, 0.05) is 5.69 Å². The van der Waals surface area contributed by atoms with E-state index in [1.807, 2.05) is 49.7 Å². The summed E-state index contributed by atoms with van der Waals surface area (Å²) in [5.41, 5.74) is 5.81. The number of hydrogen-bond acceptors (Lipinski definition) is 2.